The lowest BCUT2D eigenvalue weighted by molar-refractivity contribution is -0.117. The third-order valence-corrected chi connectivity index (χ3v) is 2.84. The maximum absolute atomic E-state index is 12.0. The van der Waals surface area contributed by atoms with Gasteiger partial charge in [-0.3, -0.25) is 9.48 Å². The average molecular weight is 258 g/mol. The van der Waals surface area contributed by atoms with E-state index in [0.717, 1.165) is 5.56 Å². The molecule has 0 aliphatic carbocycles. The van der Waals surface area contributed by atoms with Crippen molar-refractivity contribution in [2.24, 2.45) is 5.73 Å². The molecule has 0 bridgehead atoms. The first-order chi connectivity index (χ1) is 9.08. The Labute approximate surface area is 112 Å². The molecule has 0 saturated carbocycles. The van der Waals surface area contributed by atoms with E-state index < -0.39 is 6.04 Å². The number of nitrogens with one attached hydrogen (secondary N) is 1. The van der Waals surface area contributed by atoms with Crippen LogP contribution < -0.4 is 11.1 Å². The molecule has 1 unspecified atom stereocenters. The Morgan fingerprint density at radius 2 is 2.00 bits per heavy atom. The van der Waals surface area contributed by atoms with E-state index in [0.29, 0.717) is 5.69 Å². The Balaban J connectivity index is 2.04. The monoisotopic (exact) mass is 258 g/mol. The molecule has 1 aromatic carbocycles. The molecule has 3 N–H and O–H groups in total. The quantitative estimate of drug-likeness (QED) is 0.882. The van der Waals surface area contributed by atoms with Crippen molar-refractivity contribution in [3.8, 4) is 0 Å². The molecule has 5 nitrogen and oxygen atoms in total. The third kappa shape index (κ3) is 3.20. The molecule has 100 valence electrons. The van der Waals surface area contributed by atoms with Crippen molar-refractivity contribution in [2.45, 2.75) is 25.9 Å². The van der Waals surface area contributed by atoms with E-state index in [9.17, 15) is 4.79 Å². The van der Waals surface area contributed by atoms with E-state index in [1.54, 1.807) is 17.1 Å². The summed E-state index contributed by atoms with van der Waals surface area (Å²) in [5, 5.41) is 6.93. The minimum Gasteiger partial charge on any atom is -0.322 e. The topological polar surface area (TPSA) is 72.9 Å². The number of amides is 1. The second-order valence-electron chi connectivity index (χ2n) is 4.68. The van der Waals surface area contributed by atoms with Crippen molar-refractivity contribution >= 4 is 11.6 Å². The standard InChI is InChI=1S/C14H18N4O/c1-10(2)18-9-12(8-16-18)17-14(19)13(15)11-6-4-3-5-7-11/h3-10,13H,15H2,1-2H3,(H,17,19). The van der Waals surface area contributed by atoms with Gasteiger partial charge in [0.25, 0.3) is 0 Å². The summed E-state index contributed by atoms with van der Waals surface area (Å²) in [5.41, 5.74) is 7.36. The van der Waals surface area contributed by atoms with Gasteiger partial charge in [-0.1, -0.05) is 30.3 Å². The van der Waals surface area contributed by atoms with Crippen LogP contribution in [0.25, 0.3) is 0 Å². The number of nitrogens with zero attached hydrogens (tertiary/aromatic N) is 2. The molecule has 19 heavy (non-hydrogen) atoms. The maximum atomic E-state index is 12.0. The molecular weight excluding hydrogens is 240 g/mol. The van der Waals surface area contributed by atoms with Crippen LogP contribution in [0, 0.1) is 0 Å². The lowest BCUT2D eigenvalue weighted by Crippen LogP contribution is -2.27. The normalized spacial score (nSPS) is 12.4. The van der Waals surface area contributed by atoms with Crippen LogP contribution in [0.5, 0.6) is 0 Å². The number of benzene rings is 1. The smallest absolute Gasteiger partial charge is 0.245 e. The molecule has 0 fully saturated rings. The van der Waals surface area contributed by atoms with Gasteiger partial charge in [0.15, 0.2) is 0 Å². The van der Waals surface area contributed by atoms with Crippen molar-refractivity contribution in [3.05, 3.63) is 48.3 Å². The maximum Gasteiger partial charge on any atom is 0.245 e. The van der Waals surface area contributed by atoms with Crippen molar-refractivity contribution in [3.63, 3.8) is 0 Å². The highest BCUT2D eigenvalue weighted by Crippen LogP contribution is 2.14. The van der Waals surface area contributed by atoms with Gasteiger partial charge in [-0.2, -0.15) is 5.10 Å². The first kappa shape index (κ1) is 13.3. The van der Waals surface area contributed by atoms with Crippen LogP contribution >= 0.6 is 0 Å². The number of anilines is 1. The van der Waals surface area contributed by atoms with E-state index in [1.807, 2.05) is 44.2 Å². The molecule has 2 aromatic rings. The van der Waals surface area contributed by atoms with Crippen molar-refractivity contribution in [1.29, 1.82) is 0 Å². The van der Waals surface area contributed by atoms with Gasteiger partial charge in [0, 0.05) is 12.2 Å². The minimum atomic E-state index is -0.677. The van der Waals surface area contributed by atoms with Gasteiger partial charge < -0.3 is 11.1 Å². The van der Waals surface area contributed by atoms with Crippen LogP contribution in [-0.4, -0.2) is 15.7 Å². The van der Waals surface area contributed by atoms with E-state index in [1.165, 1.54) is 0 Å². The Hall–Kier alpha value is -2.14. The van der Waals surface area contributed by atoms with Crippen molar-refractivity contribution in [1.82, 2.24) is 9.78 Å². The molecule has 0 aliphatic rings. The zero-order valence-corrected chi connectivity index (χ0v) is 11.1. The summed E-state index contributed by atoms with van der Waals surface area (Å²) in [5.74, 6) is -0.241. The van der Waals surface area contributed by atoms with Gasteiger partial charge in [0.2, 0.25) is 5.91 Å². The number of hydrogen-bond donors (Lipinski definition) is 2. The molecule has 0 radical (unpaired) electrons. The van der Waals surface area contributed by atoms with Crippen molar-refractivity contribution < 1.29 is 4.79 Å². The second kappa shape index (κ2) is 5.67. The predicted octanol–water partition coefficient (Wildman–Crippen LogP) is 2.10. The fraction of sp³-hybridized carbons (Fsp3) is 0.286. The highest BCUT2D eigenvalue weighted by atomic mass is 16.2. The molecule has 1 atom stereocenters. The summed E-state index contributed by atoms with van der Waals surface area (Å²) in [6, 6.07) is 8.86. The lowest BCUT2D eigenvalue weighted by Gasteiger charge is -2.11. The summed E-state index contributed by atoms with van der Waals surface area (Å²) in [6.45, 7) is 4.04. The van der Waals surface area contributed by atoms with Crippen LogP contribution in [0.15, 0.2) is 42.7 Å². The summed E-state index contributed by atoms with van der Waals surface area (Å²) in [7, 11) is 0. The molecular formula is C14H18N4O. The van der Waals surface area contributed by atoms with E-state index in [4.69, 9.17) is 5.73 Å². The minimum absolute atomic E-state index is 0.241. The molecule has 1 heterocycles. The first-order valence-corrected chi connectivity index (χ1v) is 6.23. The molecule has 1 aromatic heterocycles. The zero-order valence-electron chi connectivity index (χ0n) is 11.1. The molecule has 2 rings (SSSR count). The van der Waals surface area contributed by atoms with Crippen molar-refractivity contribution in [2.75, 3.05) is 5.32 Å². The van der Waals surface area contributed by atoms with Crippen LogP contribution in [-0.2, 0) is 4.79 Å². The number of rotatable bonds is 4. The highest BCUT2D eigenvalue weighted by Gasteiger charge is 2.16. The van der Waals surface area contributed by atoms with Gasteiger partial charge >= 0.3 is 0 Å². The van der Waals surface area contributed by atoms with Crippen LogP contribution in [0.1, 0.15) is 31.5 Å². The predicted molar refractivity (Wildman–Crippen MR) is 74.6 cm³/mol. The van der Waals surface area contributed by atoms with Gasteiger partial charge in [-0.15, -0.1) is 0 Å². The molecule has 5 heteroatoms. The van der Waals surface area contributed by atoms with Gasteiger partial charge in [-0.05, 0) is 19.4 Å². The first-order valence-electron chi connectivity index (χ1n) is 6.23. The van der Waals surface area contributed by atoms with Gasteiger partial charge in [0.1, 0.15) is 6.04 Å². The molecule has 0 spiro atoms. The van der Waals surface area contributed by atoms with E-state index in [-0.39, 0.29) is 11.9 Å². The summed E-state index contributed by atoms with van der Waals surface area (Å²) in [6.07, 6.45) is 3.41. The fourth-order valence-corrected chi connectivity index (χ4v) is 1.72. The van der Waals surface area contributed by atoms with E-state index >= 15 is 0 Å². The number of carbonyl (C=O) groups is 1. The average Bonchev–Trinajstić information content (AvgIpc) is 2.87. The SMILES string of the molecule is CC(C)n1cc(NC(=O)C(N)c2ccccc2)cn1. The fourth-order valence-electron chi connectivity index (χ4n) is 1.72. The largest absolute Gasteiger partial charge is 0.322 e. The van der Waals surface area contributed by atoms with Crippen LogP contribution in [0.4, 0.5) is 5.69 Å². The highest BCUT2D eigenvalue weighted by molar-refractivity contribution is 5.95. The lowest BCUT2D eigenvalue weighted by atomic mass is 10.1. The second-order valence-corrected chi connectivity index (χ2v) is 4.68. The molecule has 0 saturated heterocycles. The van der Waals surface area contributed by atoms with E-state index in [2.05, 4.69) is 10.4 Å². The third-order valence-electron chi connectivity index (χ3n) is 2.84. The molecule has 1 amide bonds. The number of hydrogen-bond acceptors (Lipinski definition) is 3. The Morgan fingerprint density at radius 3 is 2.58 bits per heavy atom. The molecule has 0 aliphatic heterocycles. The van der Waals surface area contributed by atoms with Crippen LogP contribution in [0.2, 0.25) is 0 Å². The summed E-state index contributed by atoms with van der Waals surface area (Å²) >= 11 is 0. The van der Waals surface area contributed by atoms with Crippen LogP contribution in [0.3, 0.4) is 0 Å². The Kier molecular flexibility index (Phi) is 3.97. The summed E-state index contributed by atoms with van der Waals surface area (Å²) in [4.78, 5) is 12.0. The number of nitrogens with two attached hydrogens (primary N) is 1. The van der Waals surface area contributed by atoms with Gasteiger partial charge in [0.05, 0.1) is 11.9 Å². The Bertz CT molecular complexity index is 548. The number of aromatic nitrogens is 2. The number of carbonyl (C=O) groups excluding carboxylic acids is 1. The zero-order chi connectivity index (χ0) is 13.8. The Morgan fingerprint density at radius 1 is 1.32 bits per heavy atom. The summed E-state index contributed by atoms with van der Waals surface area (Å²) < 4.78 is 1.78. The van der Waals surface area contributed by atoms with Gasteiger partial charge in [-0.25, -0.2) is 0 Å².